The van der Waals surface area contributed by atoms with Gasteiger partial charge >= 0.3 is 0 Å². The standard InChI is InChI=1S/C20H26N4O/c1-15-11-16(2)24(22-15)18-5-3-17(4-6-18)12-19(25)23-10-8-20(14-23)7-9-21-13-20/h3-6,11,21H,7-10,12-14H2,1-2H3. The van der Waals surface area contributed by atoms with Crippen LogP contribution in [-0.4, -0.2) is 46.8 Å². The Kier molecular flexibility index (Phi) is 4.12. The van der Waals surface area contributed by atoms with Crippen molar-refractivity contribution in [1.82, 2.24) is 20.0 Å². The van der Waals surface area contributed by atoms with E-state index in [1.54, 1.807) is 0 Å². The molecule has 2 fully saturated rings. The number of rotatable bonds is 3. The van der Waals surface area contributed by atoms with Crippen LogP contribution in [0.2, 0.25) is 0 Å². The average molecular weight is 338 g/mol. The van der Waals surface area contributed by atoms with Crippen LogP contribution >= 0.6 is 0 Å². The lowest BCUT2D eigenvalue weighted by Crippen LogP contribution is -2.34. The normalized spacial score (nSPS) is 22.9. The summed E-state index contributed by atoms with van der Waals surface area (Å²) in [7, 11) is 0. The van der Waals surface area contributed by atoms with Gasteiger partial charge in [-0.15, -0.1) is 0 Å². The van der Waals surface area contributed by atoms with Gasteiger partial charge in [0.15, 0.2) is 0 Å². The predicted molar refractivity (Wildman–Crippen MR) is 97.9 cm³/mol. The van der Waals surface area contributed by atoms with E-state index in [-0.39, 0.29) is 5.91 Å². The Morgan fingerprint density at radius 2 is 2.04 bits per heavy atom. The van der Waals surface area contributed by atoms with E-state index in [1.165, 1.54) is 6.42 Å². The highest BCUT2D eigenvalue weighted by molar-refractivity contribution is 5.79. The summed E-state index contributed by atoms with van der Waals surface area (Å²) in [5.41, 5.74) is 4.59. The zero-order chi connectivity index (χ0) is 17.4. The van der Waals surface area contributed by atoms with Crippen LogP contribution in [0.4, 0.5) is 0 Å². The first-order valence-corrected chi connectivity index (χ1v) is 9.16. The average Bonchev–Trinajstić information content (AvgIpc) is 3.31. The number of hydrogen-bond donors (Lipinski definition) is 1. The molecule has 0 bridgehead atoms. The summed E-state index contributed by atoms with van der Waals surface area (Å²) in [6.07, 6.45) is 2.83. The minimum Gasteiger partial charge on any atom is -0.342 e. The Labute approximate surface area is 149 Å². The molecular formula is C20H26N4O. The van der Waals surface area contributed by atoms with Gasteiger partial charge in [0, 0.05) is 30.7 Å². The summed E-state index contributed by atoms with van der Waals surface area (Å²) < 4.78 is 1.94. The predicted octanol–water partition coefficient (Wildman–Crippen LogP) is 2.24. The molecule has 2 aromatic rings. The Hall–Kier alpha value is -2.14. The number of amides is 1. The van der Waals surface area contributed by atoms with Crippen molar-refractivity contribution in [1.29, 1.82) is 0 Å². The van der Waals surface area contributed by atoms with Gasteiger partial charge in [-0.3, -0.25) is 4.79 Å². The smallest absolute Gasteiger partial charge is 0.227 e. The third-order valence-electron chi connectivity index (χ3n) is 5.67. The van der Waals surface area contributed by atoms with Crippen molar-refractivity contribution in [2.75, 3.05) is 26.2 Å². The molecule has 3 heterocycles. The minimum absolute atomic E-state index is 0.252. The molecule has 2 aliphatic rings. The van der Waals surface area contributed by atoms with Crippen LogP contribution in [0.15, 0.2) is 30.3 Å². The van der Waals surface area contributed by atoms with Crippen LogP contribution in [0.3, 0.4) is 0 Å². The van der Waals surface area contributed by atoms with E-state index in [1.807, 2.05) is 23.7 Å². The molecule has 1 atom stereocenters. The topological polar surface area (TPSA) is 50.2 Å². The molecular weight excluding hydrogens is 312 g/mol. The molecule has 1 N–H and O–H groups in total. The lowest BCUT2D eigenvalue weighted by atomic mass is 9.86. The molecule has 0 radical (unpaired) electrons. The molecule has 1 aromatic heterocycles. The lowest BCUT2D eigenvalue weighted by molar-refractivity contribution is -0.129. The molecule has 2 aliphatic heterocycles. The van der Waals surface area contributed by atoms with E-state index in [9.17, 15) is 4.79 Å². The van der Waals surface area contributed by atoms with Crippen LogP contribution in [-0.2, 0) is 11.2 Å². The summed E-state index contributed by atoms with van der Waals surface area (Å²) in [6.45, 7) is 8.04. The largest absolute Gasteiger partial charge is 0.342 e. The maximum atomic E-state index is 12.7. The number of carbonyl (C=O) groups is 1. The number of hydrogen-bond acceptors (Lipinski definition) is 3. The number of nitrogens with zero attached hydrogens (tertiary/aromatic N) is 3. The highest BCUT2D eigenvalue weighted by atomic mass is 16.2. The summed E-state index contributed by atoms with van der Waals surface area (Å²) in [4.78, 5) is 14.7. The van der Waals surface area contributed by atoms with Crippen LogP contribution < -0.4 is 5.32 Å². The molecule has 1 amide bonds. The van der Waals surface area contributed by atoms with Gasteiger partial charge in [0.05, 0.1) is 17.8 Å². The first kappa shape index (κ1) is 16.3. The lowest BCUT2D eigenvalue weighted by Gasteiger charge is -2.22. The van der Waals surface area contributed by atoms with Gasteiger partial charge in [0.1, 0.15) is 0 Å². The van der Waals surface area contributed by atoms with Gasteiger partial charge in [-0.25, -0.2) is 4.68 Å². The number of carbonyl (C=O) groups excluding carboxylic acids is 1. The van der Waals surface area contributed by atoms with Crippen molar-refractivity contribution in [2.24, 2.45) is 5.41 Å². The van der Waals surface area contributed by atoms with E-state index in [2.05, 4.69) is 40.4 Å². The van der Waals surface area contributed by atoms with Crippen molar-refractivity contribution in [3.63, 3.8) is 0 Å². The van der Waals surface area contributed by atoms with E-state index < -0.39 is 0 Å². The van der Waals surface area contributed by atoms with Gasteiger partial charge < -0.3 is 10.2 Å². The minimum atomic E-state index is 0.252. The van der Waals surface area contributed by atoms with E-state index in [0.717, 1.165) is 55.2 Å². The molecule has 5 nitrogen and oxygen atoms in total. The maximum Gasteiger partial charge on any atom is 0.227 e. The Bertz CT molecular complexity index is 771. The second-order valence-corrected chi connectivity index (χ2v) is 7.67. The van der Waals surface area contributed by atoms with Crippen molar-refractivity contribution in [3.8, 4) is 5.69 Å². The summed E-state index contributed by atoms with van der Waals surface area (Å²) >= 11 is 0. The first-order chi connectivity index (χ1) is 12.0. The maximum absolute atomic E-state index is 12.7. The van der Waals surface area contributed by atoms with E-state index in [0.29, 0.717) is 11.8 Å². The Morgan fingerprint density at radius 3 is 2.68 bits per heavy atom. The van der Waals surface area contributed by atoms with Crippen LogP contribution in [0.5, 0.6) is 0 Å². The number of benzene rings is 1. The van der Waals surface area contributed by atoms with Crippen molar-refractivity contribution in [2.45, 2.75) is 33.1 Å². The molecule has 4 rings (SSSR count). The molecule has 5 heteroatoms. The highest BCUT2D eigenvalue weighted by Crippen LogP contribution is 2.36. The van der Waals surface area contributed by atoms with Crippen molar-refractivity contribution < 1.29 is 4.79 Å². The van der Waals surface area contributed by atoms with Crippen LogP contribution in [0.1, 0.15) is 29.8 Å². The van der Waals surface area contributed by atoms with Gasteiger partial charge in [-0.05, 0) is 57.0 Å². The van der Waals surface area contributed by atoms with Crippen LogP contribution in [0.25, 0.3) is 5.69 Å². The highest BCUT2D eigenvalue weighted by Gasteiger charge is 2.41. The molecule has 2 saturated heterocycles. The molecule has 0 saturated carbocycles. The molecule has 0 aliphatic carbocycles. The fraction of sp³-hybridized carbons (Fsp3) is 0.500. The third kappa shape index (κ3) is 3.21. The molecule has 25 heavy (non-hydrogen) atoms. The van der Waals surface area contributed by atoms with Crippen LogP contribution in [0, 0.1) is 19.3 Å². The second kappa shape index (κ2) is 6.30. The Balaban J connectivity index is 1.41. The van der Waals surface area contributed by atoms with Gasteiger partial charge in [-0.1, -0.05) is 12.1 Å². The molecule has 132 valence electrons. The summed E-state index contributed by atoms with van der Waals surface area (Å²) in [5, 5.41) is 7.96. The third-order valence-corrected chi connectivity index (χ3v) is 5.67. The van der Waals surface area contributed by atoms with Crippen molar-refractivity contribution >= 4 is 5.91 Å². The molecule has 1 aromatic carbocycles. The van der Waals surface area contributed by atoms with Gasteiger partial charge in [0.2, 0.25) is 5.91 Å². The SMILES string of the molecule is Cc1cc(C)n(-c2ccc(CC(=O)N3CCC4(CCNC4)C3)cc2)n1. The summed E-state index contributed by atoms with van der Waals surface area (Å²) in [5.74, 6) is 0.252. The number of likely N-dealkylation sites (tertiary alicyclic amines) is 1. The number of nitrogens with one attached hydrogen (secondary N) is 1. The van der Waals surface area contributed by atoms with Gasteiger partial charge in [0.25, 0.3) is 0 Å². The number of aromatic nitrogens is 2. The van der Waals surface area contributed by atoms with E-state index in [4.69, 9.17) is 0 Å². The fourth-order valence-corrected chi connectivity index (χ4v) is 4.22. The zero-order valence-electron chi connectivity index (χ0n) is 15.1. The second-order valence-electron chi connectivity index (χ2n) is 7.67. The fourth-order valence-electron chi connectivity index (χ4n) is 4.22. The molecule has 1 spiro atoms. The quantitative estimate of drug-likeness (QED) is 0.934. The van der Waals surface area contributed by atoms with Crippen molar-refractivity contribution in [3.05, 3.63) is 47.3 Å². The number of aryl methyl sites for hydroxylation is 2. The monoisotopic (exact) mass is 338 g/mol. The first-order valence-electron chi connectivity index (χ1n) is 9.16. The zero-order valence-corrected chi connectivity index (χ0v) is 15.1. The van der Waals surface area contributed by atoms with Gasteiger partial charge in [-0.2, -0.15) is 5.10 Å². The molecule has 1 unspecified atom stereocenters. The van der Waals surface area contributed by atoms with E-state index >= 15 is 0 Å². The summed E-state index contributed by atoms with van der Waals surface area (Å²) in [6, 6.07) is 10.3. The Morgan fingerprint density at radius 1 is 1.24 bits per heavy atom.